The van der Waals surface area contributed by atoms with Gasteiger partial charge in [0.15, 0.2) is 0 Å². The zero-order valence-corrected chi connectivity index (χ0v) is 13.5. The summed E-state index contributed by atoms with van der Waals surface area (Å²) in [6, 6.07) is 17.8. The highest BCUT2D eigenvalue weighted by atomic mass is 16.2. The molecular weight excluding hydrogens is 314 g/mol. The van der Waals surface area contributed by atoms with Crippen LogP contribution in [-0.2, 0) is 7.05 Å². The lowest BCUT2D eigenvalue weighted by atomic mass is 10.1. The van der Waals surface area contributed by atoms with E-state index in [0.29, 0.717) is 5.69 Å². The Morgan fingerprint density at radius 1 is 1.00 bits per heavy atom. The molecule has 0 unspecified atom stereocenters. The Balaban J connectivity index is 1.63. The Morgan fingerprint density at radius 3 is 2.60 bits per heavy atom. The van der Waals surface area contributed by atoms with Crippen molar-refractivity contribution in [1.29, 1.82) is 0 Å². The average molecular weight is 329 g/mol. The van der Waals surface area contributed by atoms with Gasteiger partial charge in [0, 0.05) is 29.9 Å². The van der Waals surface area contributed by atoms with E-state index in [-0.39, 0.29) is 11.7 Å². The van der Waals surface area contributed by atoms with E-state index in [1.54, 1.807) is 7.05 Å². The highest BCUT2D eigenvalue weighted by Crippen LogP contribution is 2.24. The zero-order chi connectivity index (χ0) is 17.2. The summed E-state index contributed by atoms with van der Waals surface area (Å²) in [5.74, 6) is -0.0484. The molecular formula is C19H15N5O. The van der Waals surface area contributed by atoms with Gasteiger partial charge in [-0.2, -0.15) is 5.10 Å². The van der Waals surface area contributed by atoms with Crippen molar-refractivity contribution in [3.05, 3.63) is 72.9 Å². The molecule has 4 rings (SSSR count). The number of hydrogen-bond acceptors (Lipinski definition) is 4. The molecule has 2 aromatic carbocycles. The predicted molar refractivity (Wildman–Crippen MR) is 96.1 cm³/mol. The van der Waals surface area contributed by atoms with Crippen molar-refractivity contribution in [1.82, 2.24) is 19.7 Å². The van der Waals surface area contributed by atoms with E-state index in [9.17, 15) is 4.79 Å². The van der Waals surface area contributed by atoms with E-state index in [1.807, 2.05) is 42.6 Å². The van der Waals surface area contributed by atoms with E-state index in [2.05, 4.69) is 38.6 Å². The van der Waals surface area contributed by atoms with Crippen LogP contribution in [0.2, 0.25) is 0 Å². The molecule has 6 nitrogen and oxygen atoms in total. The van der Waals surface area contributed by atoms with Crippen LogP contribution in [0.3, 0.4) is 0 Å². The highest BCUT2D eigenvalue weighted by molar-refractivity contribution is 6.02. The fourth-order valence-electron chi connectivity index (χ4n) is 2.68. The van der Waals surface area contributed by atoms with Crippen molar-refractivity contribution >= 4 is 22.5 Å². The van der Waals surface area contributed by atoms with E-state index in [0.717, 1.165) is 22.0 Å². The number of rotatable bonds is 3. The van der Waals surface area contributed by atoms with E-state index >= 15 is 0 Å². The molecule has 0 fully saturated rings. The van der Waals surface area contributed by atoms with E-state index < -0.39 is 0 Å². The summed E-state index contributed by atoms with van der Waals surface area (Å²) < 4.78 is 1.43. The number of benzene rings is 2. The third kappa shape index (κ3) is 2.97. The molecule has 4 aromatic rings. The minimum absolute atomic E-state index is 0.257. The SMILES string of the molecule is Cn1ncnc1C(=O)Nc1ccc2cc(-c3ccccc3)cnc2c1. The Kier molecular flexibility index (Phi) is 3.70. The van der Waals surface area contributed by atoms with Gasteiger partial charge in [0.1, 0.15) is 6.33 Å². The topological polar surface area (TPSA) is 72.7 Å². The fourth-order valence-corrected chi connectivity index (χ4v) is 2.68. The maximum Gasteiger partial charge on any atom is 0.293 e. The molecule has 0 saturated carbocycles. The minimum atomic E-state index is -0.305. The van der Waals surface area contributed by atoms with E-state index in [4.69, 9.17) is 0 Å². The van der Waals surface area contributed by atoms with E-state index in [1.165, 1.54) is 11.0 Å². The van der Waals surface area contributed by atoms with Gasteiger partial charge in [0.05, 0.1) is 5.52 Å². The van der Waals surface area contributed by atoms with Crippen LogP contribution in [-0.4, -0.2) is 25.7 Å². The van der Waals surface area contributed by atoms with Gasteiger partial charge < -0.3 is 5.32 Å². The number of aryl methyl sites for hydroxylation is 1. The second-order valence-electron chi connectivity index (χ2n) is 5.66. The number of hydrogen-bond donors (Lipinski definition) is 1. The predicted octanol–water partition coefficient (Wildman–Crippen LogP) is 3.28. The first-order chi connectivity index (χ1) is 12.2. The first-order valence-electron chi connectivity index (χ1n) is 7.81. The molecule has 0 aliphatic heterocycles. The Morgan fingerprint density at radius 2 is 1.84 bits per heavy atom. The lowest BCUT2D eigenvalue weighted by molar-refractivity contribution is 0.101. The number of aromatic nitrogens is 4. The maximum atomic E-state index is 12.2. The maximum absolute atomic E-state index is 12.2. The fraction of sp³-hybridized carbons (Fsp3) is 0.0526. The molecule has 0 aliphatic rings. The third-order valence-corrected chi connectivity index (χ3v) is 3.96. The minimum Gasteiger partial charge on any atom is -0.319 e. The second-order valence-corrected chi connectivity index (χ2v) is 5.66. The molecule has 2 aromatic heterocycles. The number of nitrogens with zero attached hydrogens (tertiary/aromatic N) is 4. The average Bonchev–Trinajstić information content (AvgIpc) is 3.08. The van der Waals surface area contributed by atoms with Crippen LogP contribution in [0.1, 0.15) is 10.6 Å². The van der Waals surface area contributed by atoms with Crippen molar-refractivity contribution < 1.29 is 4.79 Å². The van der Waals surface area contributed by atoms with Crippen LogP contribution in [0.4, 0.5) is 5.69 Å². The van der Waals surface area contributed by atoms with Crippen LogP contribution in [0.15, 0.2) is 67.1 Å². The summed E-state index contributed by atoms with van der Waals surface area (Å²) in [5.41, 5.74) is 3.66. The molecule has 0 atom stereocenters. The zero-order valence-electron chi connectivity index (χ0n) is 13.5. The molecule has 0 saturated heterocycles. The lowest BCUT2D eigenvalue weighted by Gasteiger charge is -2.07. The summed E-state index contributed by atoms with van der Waals surface area (Å²) in [7, 11) is 1.68. The van der Waals surface area contributed by atoms with Crippen LogP contribution in [0.5, 0.6) is 0 Å². The number of carbonyl (C=O) groups excluding carboxylic acids is 1. The molecule has 25 heavy (non-hydrogen) atoms. The number of fused-ring (bicyclic) bond motifs is 1. The normalized spacial score (nSPS) is 10.8. The van der Waals surface area contributed by atoms with Crippen molar-refractivity contribution in [3.8, 4) is 11.1 Å². The quantitative estimate of drug-likeness (QED) is 0.626. The van der Waals surface area contributed by atoms with Gasteiger partial charge in [-0.1, -0.05) is 36.4 Å². The van der Waals surface area contributed by atoms with Crippen LogP contribution in [0, 0.1) is 0 Å². The molecule has 2 heterocycles. The van der Waals surface area contributed by atoms with Crippen LogP contribution >= 0.6 is 0 Å². The standard InChI is InChI=1S/C19H15N5O/c1-24-18(21-12-22-24)19(25)23-16-8-7-14-9-15(11-20-17(14)10-16)13-5-3-2-4-6-13/h2-12H,1H3,(H,23,25). The van der Waals surface area contributed by atoms with Gasteiger partial charge in [0.25, 0.3) is 5.91 Å². The third-order valence-electron chi connectivity index (χ3n) is 3.96. The van der Waals surface area contributed by atoms with Gasteiger partial charge in [-0.15, -0.1) is 0 Å². The molecule has 0 spiro atoms. The summed E-state index contributed by atoms with van der Waals surface area (Å²) in [6.45, 7) is 0. The Bertz CT molecular complexity index is 1060. The summed E-state index contributed by atoms with van der Waals surface area (Å²) in [6.07, 6.45) is 3.19. The second kappa shape index (κ2) is 6.16. The van der Waals surface area contributed by atoms with Gasteiger partial charge in [-0.25, -0.2) is 9.67 Å². The van der Waals surface area contributed by atoms with Crippen molar-refractivity contribution in [3.63, 3.8) is 0 Å². The van der Waals surface area contributed by atoms with Crippen molar-refractivity contribution in [2.24, 2.45) is 7.05 Å². The lowest BCUT2D eigenvalue weighted by Crippen LogP contribution is -2.17. The Labute approximate surface area is 144 Å². The molecule has 1 N–H and O–H groups in total. The highest BCUT2D eigenvalue weighted by Gasteiger charge is 2.12. The summed E-state index contributed by atoms with van der Waals surface area (Å²) in [5, 5.41) is 7.73. The molecule has 1 amide bonds. The molecule has 0 bridgehead atoms. The van der Waals surface area contributed by atoms with Gasteiger partial charge in [0.2, 0.25) is 5.82 Å². The monoisotopic (exact) mass is 329 g/mol. The first kappa shape index (κ1) is 15.0. The van der Waals surface area contributed by atoms with Crippen molar-refractivity contribution in [2.75, 3.05) is 5.32 Å². The van der Waals surface area contributed by atoms with Crippen LogP contribution in [0.25, 0.3) is 22.0 Å². The number of anilines is 1. The van der Waals surface area contributed by atoms with Gasteiger partial charge in [-0.05, 0) is 23.8 Å². The molecule has 122 valence electrons. The number of pyridine rings is 1. The van der Waals surface area contributed by atoms with Gasteiger partial charge >= 0.3 is 0 Å². The smallest absolute Gasteiger partial charge is 0.293 e. The van der Waals surface area contributed by atoms with Gasteiger partial charge in [-0.3, -0.25) is 9.78 Å². The largest absolute Gasteiger partial charge is 0.319 e. The number of nitrogens with one attached hydrogen (secondary N) is 1. The van der Waals surface area contributed by atoms with Crippen LogP contribution < -0.4 is 5.32 Å². The molecule has 0 aliphatic carbocycles. The first-order valence-corrected chi connectivity index (χ1v) is 7.81. The summed E-state index contributed by atoms with van der Waals surface area (Å²) in [4.78, 5) is 20.7. The summed E-state index contributed by atoms with van der Waals surface area (Å²) >= 11 is 0. The number of carbonyl (C=O) groups is 1. The van der Waals surface area contributed by atoms with Crippen molar-refractivity contribution in [2.45, 2.75) is 0 Å². The molecule has 0 radical (unpaired) electrons. The molecule has 6 heteroatoms. The number of amides is 1. The Hall–Kier alpha value is -3.54.